The lowest BCUT2D eigenvalue weighted by Crippen LogP contribution is -2.38. The van der Waals surface area contributed by atoms with Gasteiger partial charge in [-0.15, -0.1) is 0 Å². The zero-order valence-electron chi connectivity index (χ0n) is 12.1. The van der Waals surface area contributed by atoms with Gasteiger partial charge < -0.3 is 0 Å². The molecule has 2 rings (SSSR count). The van der Waals surface area contributed by atoms with Gasteiger partial charge in [0, 0.05) is 6.54 Å². The Balaban J connectivity index is 1.95. The number of hydrogen-bond acceptors (Lipinski definition) is 2. The smallest absolute Gasteiger partial charge is 0.101 e. The van der Waals surface area contributed by atoms with Gasteiger partial charge in [-0.05, 0) is 37.0 Å². The number of hydrogen-bond donors (Lipinski definition) is 1. The Bertz CT molecular complexity index is 577. The molecule has 2 heteroatoms. The third-order valence-corrected chi connectivity index (χ3v) is 3.32. The van der Waals surface area contributed by atoms with Crippen LogP contribution in [0.4, 0.5) is 0 Å². The van der Waals surface area contributed by atoms with Crippen LogP contribution in [0.3, 0.4) is 0 Å². The Labute approximate surface area is 121 Å². The third kappa shape index (κ3) is 3.94. The molecule has 0 spiro atoms. The lowest BCUT2D eigenvalue weighted by molar-refractivity contribution is 0.490. The highest BCUT2D eigenvalue weighted by molar-refractivity contribution is 5.63. The average Bonchev–Trinajstić information content (AvgIpc) is 2.49. The molecular formula is C18H20N2. The molecule has 2 nitrogen and oxygen atoms in total. The van der Waals surface area contributed by atoms with E-state index in [0.29, 0.717) is 0 Å². The largest absolute Gasteiger partial charge is 0.300 e. The Morgan fingerprint density at radius 1 is 0.950 bits per heavy atom. The summed E-state index contributed by atoms with van der Waals surface area (Å²) in [5.74, 6) is 0. The van der Waals surface area contributed by atoms with E-state index < -0.39 is 5.54 Å². The van der Waals surface area contributed by atoms with Crippen LogP contribution in [0.2, 0.25) is 0 Å². The summed E-state index contributed by atoms with van der Waals surface area (Å²) in [4.78, 5) is 0. The predicted molar refractivity (Wildman–Crippen MR) is 83.3 cm³/mol. The molecule has 0 unspecified atom stereocenters. The Morgan fingerprint density at radius 2 is 1.55 bits per heavy atom. The number of nitrogens with zero attached hydrogens (tertiary/aromatic N) is 1. The molecule has 0 saturated carbocycles. The SMILES string of the molecule is CC(C)(C#N)NCCc1ccc(-c2ccccc2)cc1. The van der Waals surface area contributed by atoms with E-state index in [0.717, 1.165) is 13.0 Å². The van der Waals surface area contributed by atoms with Crippen LogP contribution >= 0.6 is 0 Å². The molecule has 2 aromatic carbocycles. The van der Waals surface area contributed by atoms with Crippen molar-refractivity contribution in [1.82, 2.24) is 5.32 Å². The van der Waals surface area contributed by atoms with Crippen LogP contribution in [-0.4, -0.2) is 12.1 Å². The standard InChI is InChI=1S/C18H20N2/c1-18(2,14-19)20-13-12-15-8-10-17(11-9-15)16-6-4-3-5-7-16/h3-11,20H,12-13H2,1-2H3. The molecule has 0 saturated heterocycles. The van der Waals surface area contributed by atoms with Crippen LogP contribution in [0.25, 0.3) is 11.1 Å². The van der Waals surface area contributed by atoms with E-state index in [4.69, 9.17) is 5.26 Å². The summed E-state index contributed by atoms with van der Waals surface area (Å²) in [6.07, 6.45) is 0.931. The van der Waals surface area contributed by atoms with Gasteiger partial charge >= 0.3 is 0 Å². The predicted octanol–water partition coefficient (Wildman–Crippen LogP) is 3.79. The lowest BCUT2D eigenvalue weighted by atomic mass is 10.0. The molecule has 0 aliphatic rings. The molecule has 0 heterocycles. The molecule has 0 amide bonds. The summed E-state index contributed by atoms with van der Waals surface area (Å²) in [5.41, 5.74) is 3.30. The van der Waals surface area contributed by atoms with Crippen LogP contribution in [-0.2, 0) is 6.42 Å². The van der Waals surface area contributed by atoms with Crippen molar-refractivity contribution in [3.63, 3.8) is 0 Å². The van der Waals surface area contributed by atoms with Crippen molar-refractivity contribution in [3.8, 4) is 17.2 Å². The van der Waals surface area contributed by atoms with Crippen molar-refractivity contribution in [2.75, 3.05) is 6.54 Å². The fourth-order valence-electron chi connectivity index (χ4n) is 2.05. The molecule has 2 aromatic rings. The molecule has 0 aliphatic carbocycles. The van der Waals surface area contributed by atoms with E-state index in [1.165, 1.54) is 16.7 Å². The highest BCUT2D eigenvalue weighted by Gasteiger charge is 2.14. The highest BCUT2D eigenvalue weighted by atomic mass is 14.9. The number of benzene rings is 2. The van der Waals surface area contributed by atoms with E-state index in [9.17, 15) is 0 Å². The molecule has 20 heavy (non-hydrogen) atoms. The first-order valence-corrected chi connectivity index (χ1v) is 6.91. The van der Waals surface area contributed by atoms with Crippen LogP contribution in [0, 0.1) is 11.3 Å². The summed E-state index contributed by atoms with van der Waals surface area (Å²) in [7, 11) is 0. The average molecular weight is 264 g/mol. The fourth-order valence-corrected chi connectivity index (χ4v) is 2.05. The summed E-state index contributed by atoms with van der Waals surface area (Å²) in [6.45, 7) is 4.60. The first-order chi connectivity index (χ1) is 9.61. The summed E-state index contributed by atoms with van der Waals surface area (Å²) in [6, 6.07) is 21.2. The molecule has 0 atom stereocenters. The second kappa shape index (κ2) is 6.36. The monoisotopic (exact) mass is 264 g/mol. The van der Waals surface area contributed by atoms with Gasteiger partial charge in [0.25, 0.3) is 0 Å². The Morgan fingerprint density at radius 3 is 2.15 bits per heavy atom. The second-order valence-electron chi connectivity index (χ2n) is 5.48. The highest BCUT2D eigenvalue weighted by Crippen LogP contribution is 2.19. The second-order valence-corrected chi connectivity index (χ2v) is 5.48. The first kappa shape index (κ1) is 14.3. The molecule has 0 aromatic heterocycles. The number of nitriles is 1. The molecule has 102 valence electrons. The maximum Gasteiger partial charge on any atom is 0.101 e. The fraction of sp³-hybridized carbons (Fsp3) is 0.278. The van der Waals surface area contributed by atoms with E-state index in [1.54, 1.807) is 0 Å². The molecule has 0 radical (unpaired) electrons. The van der Waals surface area contributed by atoms with Crippen LogP contribution in [0.5, 0.6) is 0 Å². The van der Waals surface area contributed by atoms with Gasteiger partial charge in [-0.1, -0.05) is 54.6 Å². The van der Waals surface area contributed by atoms with E-state index in [1.807, 2.05) is 19.9 Å². The molecule has 0 fully saturated rings. The van der Waals surface area contributed by atoms with Crippen LogP contribution in [0.1, 0.15) is 19.4 Å². The minimum atomic E-state index is -0.454. The van der Waals surface area contributed by atoms with Gasteiger partial charge in [-0.2, -0.15) is 5.26 Å². The number of nitrogens with one attached hydrogen (secondary N) is 1. The number of rotatable bonds is 5. The van der Waals surface area contributed by atoms with Gasteiger partial charge in [0.15, 0.2) is 0 Å². The van der Waals surface area contributed by atoms with E-state index in [2.05, 4.69) is 59.9 Å². The van der Waals surface area contributed by atoms with E-state index >= 15 is 0 Å². The Hall–Kier alpha value is -2.11. The van der Waals surface area contributed by atoms with Gasteiger partial charge in [-0.25, -0.2) is 0 Å². The van der Waals surface area contributed by atoms with Crippen molar-refractivity contribution < 1.29 is 0 Å². The third-order valence-electron chi connectivity index (χ3n) is 3.32. The van der Waals surface area contributed by atoms with Crippen molar-refractivity contribution >= 4 is 0 Å². The van der Waals surface area contributed by atoms with Crippen LogP contribution < -0.4 is 5.32 Å². The first-order valence-electron chi connectivity index (χ1n) is 6.91. The van der Waals surface area contributed by atoms with Crippen molar-refractivity contribution in [3.05, 3.63) is 60.2 Å². The lowest BCUT2D eigenvalue weighted by Gasteiger charge is -2.17. The quantitative estimate of drug-likeness (QED) is 0.892. The zero-order chi connectivity index (χ0) is 14.4. The maximum atomic E-state index is 8.94. The van der Waals surface area contributed by atoms with Crippen molar-refractivity contribution in [2.24, 2.45) is 0 Å². The summed E-state index contributed by atoms with van der Waals surface area (Å²) < 4.78 is 0. The maximum absolute atomic E-state index is 8.94. The molecule has 0 bridgehead atoms. The molecule has 0 aliphatic heterocycles. The summed E-state index contributed by atoms with van der Waals surface area (Å²) in [5, 5.41) is 12.2. The minimum Gasteiger partial charge on any atom is -0.300 e. The topological polar surface area (TPSA) is 35.8 Å². The van der Waals surface area contributed by atoms with Gasteiger partial charge in [0.1, 0.15) is 5.54 Å². The Kier molecular flexibility index (Phi) is 4.55. The van der Waals surface area contributed by atoms with Crippen molar-refractivity contribution in [1.29, 1.82) is 5.26 Å². The molecular weight excluding hydrogens is 244 g/mol. The van der Waals surface area contributed by atoms with Crippen LogP contribution in [0.15, 0.2) is 54.6 Å². The van der Waals surface area contributed by atoms with Gasteiger partial charge in [-0.3, -0.25) is 5.32 Å². The van der Waals surface area contributed by atoms with Gasteiger partial charge in [0.05, 0.1) is 6.07 Å². The molecule has 1 N–H and O–H groups in total. The minimum absolute atomic E-state index is 0.454. The van der Waals surface area contributed by atoms with Crippen molar-refractivity contribution in [2.45, 2.75) is 25.8 Å². The summed E-state index contributed by atoms with van der Waals surface area (Å²) >= 11 is 0. The normalized spacial score (nSPS) is 11.1. The van der Waals surface area contributed by atoms with E-state index in [-0.39, 0.29) is 0 Å². The zero-order valence-corrected chi connectivity index (χ0v) is 12.1. The van der Waals surface area contributed by atoms with Gasteiger partial charge in [0.2, 0.25) is 0 Å².